The lowest BCUT2D eigenvalue weighted by Crippen LogP contribution is -2.25. The number of hydrogen-bond donors (Lipinski definition) is 0. The maximum absolute atomic E-state index is 11.6. The van der Waals surface area contributed by atoms with Crippen LogP contribution in [0, 0.1) is 5.41 Å². The van der Waals surface area contributed by atoms with Crippen molar-refractivity contribution in [2.24, 2.45) is 5.41 Å². The van der Waals surface area contributed by atoms with Crippen LogP contribution in [0.5, 0.6) is 11.5 Å². The van der Waals surface area contributed by atoms with Crippen molar-refractivity contribution >= 4 is 17.8 Å². The van der Waals surface area contributed by atoms with E-state index in [2.05, 4.69) is 0 Å². The zero-order chi connectivity index (χ0) is 15.5. The van der Waals surface area contributed by atoms with Crippen molar-refractivity contribution in [2.45, 2.75) is 20.8 Å². The molecule has 0 atom stereocenters. The Morgan fingerprint density at radius 1 is 1.24 bits per heavy atom. The lowest BCUT2D eigenvalue weighted by Gasteiger charge is -2.15. The molecule has 0 aliphatic carbocycles. The highest BCUT2D eigenvalue weighted by Gasteiger charge is 2.22. The van der Waals surface area contributed by atoms with Gasteiger partial charge in [0.2, 0.25) is 6.79 Å². The lowest BCUT2D eigenvalue weighted by molar-refractivity contribution is -0.145. The number of carbonyl (C=O) groups is 2. The van der Waals surface area contributed by atoms with Crippen LogP contribution in [0.25, 0.3) is 6.08 Å². The van der Waals surface area contributed by atoms with Gasteiger partial charge >= 0.3 is 5.97 Å². The molecular weight excluding hydrogens is 272 g/mol. The summed E-state index contributed by atoms with van der Waals surface area (Å²) in [5.74, 6) is 0.663. The van der Waals surface area contributed by atoms with Crippen molar-refractivity contribution in [1.29, 1.82) is 0 Å². The van der Waals surface area contributed by atoms with Gasteiger partial charge in [-0.05, 0) is 23.8 Å². The molecule has 1 aromatic rings. The minimum absolute atomic E-state index is 0.118. The Labute approximate surface area is 123 Å². The Kier molecular flexibility index (Phi) is 4.31. The van der Waals surface area contributed by atoms with Gasteiger partial charge < -0.3 is 14.2 Å². The van der Waals surface area contributed by atoms with Crippen LogP contribution in [0.15, 0.2) is 24.3 Å². The molecule has 112 valence electrons. The van der Waals surface area contributed by atoms with Crippen LogP contribution in [-0.4, -0.2) is 25.2 Å². The van der Waals surface area contributed by atoms with Gasteiger partial charge in [0.1, 0.15) is 0 Å². The molecule has 0 radical (unpaired) electrons. The van der Waals surface area contributed by atoms with Crippen LogP contribution in [0.1, 0.15) is 26.3 Å². The highest BCUT2D eigenvalue weighted by atomic mass is 16.7. The molecule has 0 saturated carbocycles. The average Bonchev–Trinajstić information content (AvgIpc) is 2.88. The van der Waals surface area contributed by atoms with Crippen LogP contribution in [-0.2, 0) is 14.3 Å². The number of rotatable bonds is 4. The predicted molar refractivity (Wildman–Crippen MR) is 77.0 cm³/mol. The van der Waals surface area contributed by atoms with Crippen molar-refractivity contribution < 1.29 is 23.8 Å². The molecule has 0 fully saturated rings. The molecule has 0 aromatic heterocycles. The van der Waals surface area contributed by atoms with Crippen molar-refractivity contribution in [2.75, 3.05) is 13.4 Å². The van der Waals surface area contributed by atoms with Crippen molar-refractivity contribution in [3.8, 4) is 11.5 Å². The second-order valence-corrected chi connectivity index (χ2v) is 5.73. The molecule has 1 aliphatic rings. The summed E-state index contributed by atoms with van der Waals surface area (Å²) < 4.78 is 15.4. The summed E-state index contributed by atoms with van der Waals surface area (Å²) in [7, 11) is 0. The molecule has 21 heavy (non-hydrogen) atoms. The number of ether oxygens (including phenoxy) is 3. The van der Waals surface area contributed by atoms with Crippen LogP contribution >= 0.6 is 0 Å². The average molecular weight is 290 g/mol. The van der Waals surface area contributed by atoms with E-state index in [-0.39, 0.29) is 19.2 Å². The summed E-state index contributed by atoms with van der Waals surface area (Å²) in [6.45, 7) is 5.34. The zero-order valence-corrected chi connectivity index (χ0v) is 12.3. The van der Waals surface area contributed by atoms with Crippen molar-refractivity contribution in [3.63, 3.8) is 0 Å². The Morgan fingerprint density at radius 3 is 2.67 bits per heavy atom. The zero-order valence-electron chi connectivity index (χ0n) is 12.3. The van der Waals surface area contributed by atoms with Gasteiger partial charge in [0, 0.05) is 11.5 Å². The van der Waals surface area contributed by atoms with E-state index in [9.17, 15) is 9.59 Å². The smallest absolute Gasteiger partial charge is 0.331 e. The third kappa shape index (κ3) is 4.08. The van der Waals surface area contributed by atoms with Gasteiger partial charge in [-0.2, -0.15) is 0 Å². The first kappa shape index (κ1) is 15.1. The van der Waals surface area contributed by atoms with Gasteiger partial charge in [0.05, 0.1) is 0 Å². The Morgan fingerprint density at radius 2 is 1.95 bits per heavy atom. The molecule has 1 heterocycles. The highest BCUT2D eigenvalue weighted by Crippen LogP contribution is 2.32. The quantitative estimate of drug-likeness (QED) is 0.630. The van der Waals surface area contributed by atoms with Crippen LogP contribution < -0.4 is 9.47 Å². The first-order valence-corrected chi connectivity index (χ1v) is 6.64. The second kappa shape index (κ2) is 5.99. The maximum Gasteiger partial charge on any atom is 0.331 e. The number of fused-ring (bicyclic) bond motifs is 1. The Balaban J connectivity index is 1.89. The molecular formula is C16H18O5. The predicted octanol–water partition coefficient (Wildman–Crippen LogP) is 2.59. The fourth-order valence-electron chi connectivity index (χ4n) is 1.58. The van der Waals surface area contributed by atoms with Gasteiger partial charge in [-0.1, -0.05) is 26.8 Å². The summed E-state index contributed by atoms with van der Waals surface area (Å²) in [5.41, 5.74) is 0.278. The number of ketones is 1. The number of esters is 1. The summed E-state index contributed by atoms with van der Waals surface area (Å²) in [5, 5.41) is 0. The molecule has 1 aliphatic heterocycles. The van der Waals surface area contributed by atoms with E-state index in [1.807, 2.05) is 0 Å². The van der Waals surface area contributed by atoms with Gasteiger partial charge in [-0.15, -0.1) is 0 Å². The van der Waals surface area contributed by atoms with E-state index < -0.39 is 11.4 Å². The minimum atomic E-state index is -0.551. The fraction of sp³-hybridized carbons (Fsp3) is 0.375. The van der Waals surface area contributed by atoms with Gasteiger partial charge in [0.25, 0.3) is 0 Å². The highest BCUT2D eigenvalue weighted by molar-refractivity contribution is 5.91. The van der Waals surface area contributed by atoms with Crippen molar-refractivity contribution in [1.82, 2.24) is 0 Å². The first-order valence-electron chi connectivity index (χ1n) is 6.64. The van der Waals surface area contributed by atoms with E-state index in [1.165, 1.54) is 6.08 Å². The molecule has 5 heteroatoms. The van der Waals surface area contributed by atoms with Crippen molar-refractivity contribution in [3.05, 3.63) is 29.8 Å². The molecule has 0 amide bonds. The molecule has 5 nitrogen and oxygen atoms in total. The van der Waals surface area contributed by atoms with E-state index in [0.29, 0.717) is 11.5 Å². The molecule has 0 N–H and O–H groups in total. The third-order valence-electron chi connectivity index (χ3n) is 2.99. The van der Waals surface area contributed by atoms with Crippen LogP contribution in [0.4, 0.5) is 0 Å². The fourth-order valence-corrected chi connectivity index (χ4v) is 1.58. The largest absolute Gasteiger partial charge is 0.455 e. The molecule has 0 bridgehead atoms. The number of benzene rings is 1. The molecule has 2 rings (SSSR count). The summed E-state index contributed by atoms with van der Waals surface area (Å²) in [4.78, 5) is 23.2. The van der Waals surface area contributed by atoms with E-state index in [0.717, 1.165) is 5.56 Å². The van der Waals surface area contributed by atoms with E-state index in [4.69, 9.17) is 14.2 Å². The molecule has 0 unspecified atom stereocenters. The van der Waals surface area contributed by atoms with Gasteiger partial charge in [-0.25, -0.2) is 4.79 Å². The number of Topliss-reactive ketones (excluding diaryl/α,β-unsaturated/α-hetero) is 1. The SMILES string of the molecule is CC(C)(C)C(=O)COC(=O)C=Cc1ccc2c(c1)OCO2. The summed E-state index contributed by atoms with van der Waals surface area (Å²) >= 11 is 0. The van der Waals surface area contributed by atoms with Gasteiger partial charge in [0.15, 0.2) is 23.9 Å². The Bertz CT molecular complexity index is 581. The standard InChI is InChI=1S/C16H18O5/c1-16(2,3)14(17)9-19-15(18)7-5-11-4-6-12-13(8-11)21-10-20-12/h4-8H,9-10H2,1-3H3. The Hall–Kier alpha value is -2.30. The first-order chi connectivity index (χ1) is 9.86. The van der Waals surface area contributed by atoms with Gasteiger partial charge in [-0.3, -0.25) is 4.79 Å². The summed E-state index contributed by atoms with van der Waals surface area (Å²) in [6.07, 6.45) is 2.89. The van der Waals surface area contributed by atoms with E-state index in [1.54, 1.807) is 45.0 Å². The van der Waals surface area contributed by atoms with E-state index >= 15 is 0 Å². The van der Waals surface area contributed by atoms with Crippen LogP contribution in [0.2, 0.25) is 0 Å². The molecule has 1 aromatic carbocycles. The second-order valence-electron chi connectivity index (χ2n) is 5.73. The van der Waals surface area contributed by atoms with Crippen LogP contribution in [0.3, 0.4) is 0 Å². The summed E-state index contributed by atoms with van der Waals surface area (Å²) in [6, 6.07) is 5.35. The molecule has 0 saturated heterocycles. The minimum Gasteiger partial charge on any atom is -0.455 e. The monoisotopic (exact) mass is 290 g/mol. The number of carbonyl (C=O) groups excluding carboxylic acids is 2. The maximum atomic E-state index is 11.6. The topological polar surface area (TPSA) is 61.8 Å². The normalized spacial score (nSPS) is 13.5. The lowest BCUT2D eigenvalue weighted by atomic mass is 9.91. The number of hydrogen-bond acceptors (Lipinski definition) is 5. The molecule has 0 spiro atoms. The third-order valence-corrected chi connectivity index (χ3v) is 2.99.